The molecular weight excluding hydrogens is 548 g/mol. The molecule has 0 radical (unpaired) electrons. The van der Waals surface area contributed by atoms with Gasteiger partial charge in [-0.25, -0.2) is 0 Å². The Morgan fingerprint density at radius 1 is 0.837 bits per heavy atom. The van der Waals surface area contributed by atoms with Gasteiger partial charge in [-0.3, -0.25) is 4.79 Å². The molecule has 1 heterocycles. The molecule has 0 amide bonds. The van der Waals surface area contributed by atoms with E-state index in [4.69, 9.17) is 9.47 Å². The number of allylic oxidation sites excluding steroid dienone is 2. The molecule has 244 valence electrons. The van der Waals surface area contributed by atoms with Crippen molar-refractivity contribution in [1.82, 2.24) is 0 Å². The summed E-state index contributed by atoms with van der Waals surface area (Å²) in [6.45, 7) is 16.0. The molecule has 0 aromatic carbocycles. The highest BCUT2D eigenvalue weighted by Crippen LogP contribution is 2.75. The van der Waals surface area contributed by atoms with Crippen LogP contribution in [0.3, 0.4) is 0 Å². The number of aliphatic hydroxyl groups excluding tert-OH is 5. The van der Waals surface area contributed by atoms with E-state index in [9.17, 15) is 30.3 Å². The number of hydrogen-bond acceptors (Lipinski definition) is 8. The van der Waals surface area contributed by atoms with E-state index in [1.54, 1.807) is 0 Å². The third-order valence-corrected chi connectivity index (χ3v) is 14.7. The van der Waals surface area contributed by atoms with E-state index in [0.29, 0.717) is 24.7 Å². The molecule has 0 spiro atoms. The minimum atomic E-state index is -1.57. The topological polar surface area (TPSA) is 137 Å². The van der Waals surface area contributed by atoms with E-state index in [0.717, 1.165) is 44.9 Å². The molecule has 4 saturated carbocycles. The lowest BCUT2D eigenvalue weighted by atomic mass is 9.33. The Kier molecular flexibility index (Phi) is 7.41. The Hall–Kier alpha value is -1.03. The van der Waals surface area contributed by atoms with Crippen molar-refractivity contribution < 1.29 is 39.8 Å². The van der Waals surface area contributed by atoms with Crippen molar-refractivity contribution in [3.05, 3.63) is 11.6 Å². The fraction of sp³-hybridized carbons (Fsp3) is 0.914. The van der Waals surface area contributed by atoms with Gasteiger partial charge in [0.25, 0.3) is 0 Å². The summed E-state index contributed by atoms with van der Waals surface area (Å²) >= 11 is 0. The summed E-state index contributed by atoms with van der Waals surface area (Å²) < 4.78 is 11.3. The Morgan fingerprint density at radius 3 is 2.23 bits per heavy atom. The maximum atomic E-state index is 14.3. The van der Waals surface area contributed by atoms with Gasteiger partial charge in [0.05, 0.1) is 18.8 Å². The zero-order chi connectivity index (χ0) is 31.5. The summed E-state index contributed by atoms with van der Waals surface area (Å²) in [5, 5.41) is 54.0. The Morgan fingerprint density at radius 2 is 1.53 bits per heavy atom. The lowest BCUT2D eigenvalue weighted by molar-refractivity contribution is -0.274. The van der Waals surface area contributed by atoms with Crippen molar-refractivity contribution in [2.24, 2.45) is 50.2 Å². The third kappa shape index (κ3) is 4.25. The Balaban J connectivity index is 1.39. The second-order valence-electron chi connectivity index (χ2n) is 17.5. The first-order valence-corrected chi connectivity index (χ1v) is 16.8. The van der Waals surface area contributed by atoms with Crippen molar-refractivity contribution in [3.8, 4) is 0 Å². The third-order valence-electron chi connectivity index (χ3n) is 14.7. The van der Waals surface area contributed by atoms with Gasteiger partial charge in [0.1, 0.15) is 23.7 Å². The van der Waals surface area contributed by atoms with E-state index in [-0.39, 0.29) is 45.7 Å². The fourth-order valence-corrected chi connectivity index (χ4v) is 11.8. The largest absolute Gasteiger partial charge is 0.432 e. The van der Waals surface area contributed by atoms with Gasteiger partial charge < -0.3 is 35.0 Å². The Labute approximate surface area is 257 Å². The molecule has 0 aromatic rings. The summed E-state index contributed by atoms with van der Waals surface area (Å²) in [5.74, 6) is 0.0253. The van der Waals surface area contributed by atoms with Crippen molar-refractivity contribution >= 4 is 5.97 Å². The van der Waals surface area contributed by atoms with E-state index >= 15 is 0 Å². The number of hydrogen-bond donors (Lipinski definition) is 5. The maximum Gasteiger partial charge on any atom is 0.317 e. The van der Waals surface area contributed by atoms with Crippen LogP contribution >= 0.6 is 0 Å². The van der Waals surface area contributed by atoms with Crippen LogP contribution in [0.5, 0.6) is 0 Å². The first-order chi connectivity index (χ1) is 19.8. The van der Waals surface area contributed by atoms with Crippen molar-refractivity contribution in [2.75, 3.05) is 6.61 Å². The SMILES string of the molecule is CC1(C)CC[C@@]2(C(=O)OC3OC[C@H](O)[C@@H](O)[C@@H]3O)C(C1)C1=CCC3[C@@]4(C)CC[C@H](O)C(C)(C)C4CC[C@@]3(C)[C@]1(C)C[C@H]2O. The molecule has 6 rings (SSSR count). The van der Waals surface area contributed by atoms with E-state index in [1.807, 2.05) is 0 Å². The van der Waals surface area contributed by atoms with Crippen molar-refractivity contribution in [1.29, 1.82) is 0 Å². The zero-order valence-electron chi connectivity index (χ0n) is 27.3. The second kappa shape index (κ2) is 9.98. The average molecular weight is 605 g/mol. The number of ether oxygens (including phenoxy) is 2. The highest BCUT2D eigenvalue weighted by Gasteiger charge is 2.71. The number of rotatable bonds is 2. The van der Waals surface area contributed by atoms with Gasteiger partial charge in [-0.1, -0.05) is 60.1 Å². The maximum absolute atomic E-state index is 14.3. The molecule has 0 bridgehead atoms. The van der Waals surface area contributed by atoms with Crippen LogP contribution in [0.25, 0.3) is 0 Å². The van der Waals surface area contributed by atoms with Gasteiger partial charge in [0, 0.05) is 0 Å². The van der Waals surface area contributed by atoms with Crippen molar-refractivity contribution in [3.63, 3.8) is 0 Å². The molecular formula is C35H56O8. The molecule has 5 aliphatic carbocycles. The number of carbonyl (C=O) groups excluding carboxylic acids is 1. The van der Waals surface area contributed by atoms with E-state index in [2.05, 4.69) is 54.5 Å². The second-order valence-corrected chi connectivity index (χ2v) is 17.5. The minimum Gasteiger partial charge on any atom is -0.432 e. The number of carbonyl (C=O) groups is 1. The number of esters is 1. The summed E-state index contributed by atoms with van der Waals surface area (Å²) in [6, 6.07) is 0. The van der Waals surface area contributed by atoms with Crippen LogP contribution in [-0.2, 0) is 14.3 Å². The van der Waals surface area contributed by atoms with Crippen LogP contribution in [-0.4, -0.2) is 74.9 Å². The van der Waals surface area contributed by atoms with Gasteiger partial charge in [-0.2, -0.15) is 0 Å². The molecule has 13 atom stereocenters. The average Bonchev–Trinajstić information content (AvgIpc) is 2.91. The Bertz CT molecular complexity index is 1160. The summed E-state index contributed by atoms with van der Waals surface area (Å²) in [4.78, 5) is 14.3. The normalized spacial score (nSPS) is 53.8. The molecule has 6 aliphatic rings. The van der Waals surface area contributed by atoms with Crippen LogP contribution in [0.1, 0.15) is 106 Å². The monoisotopic (exact) mass is 604 g/mol. The summed E-state index contributed by atoms with van der Waals surface area (Å²) in [7, 11) is 0. The van der Waals surface area contributed by atoms with Gasteiger partial charge in [0.2, 0.25) is 6.29 Å². The summed E-state index contributed by atoms with van der Waals surface area (Å²) in [5.41, 5.74) is -0.392. The smallest absolute Gasteiger partial charge is 0.317 e. The molecule has 5 fully saturated rings. The molecule has 1 aliphatic heterocycles. The van der Waals surface area contributed by atoms with Crippen molar-refractivity contribution in [2.45, 2.75) is 143 Å². The molecule has 4 unspecified atom stereocenters. The lowest BCUT2D eigenvalue weighted by Crippen LogP contribution is -2.68. The van der Waals surface area contributed by atoms with Crippen LogP contribution in [0.15, 0.2) is 11.6 Å². The predicted molar refractivity (Wildman–Crippen MR) is 160 cm³/mol. The predicted octanol–water partition coefficient (Wildman–Crippen LogP) is 4.10. The van der Waals surface area contributed by atoms with Gasteiger partial charge in [-0.15, -0.1) is 0 Å². The number of fused-ring (bicyclic) bond motifs is 7. The molecule has 0 aromatic heterocycles. The molecule has 1 saturated heterocycles. The summed E-state index contributed by atoms with van der Waals surface area (Å²) in [6.07, 6.45) is 2.71. The quantitative estimate of drug-likeness (QED) is 0.235. The standard InChI is InChI=1S/C35H56O8/c1-30(2)14-15-35(29(41)43-28-27(40)26(39)21(36)18-42-28)20(16-30)19-8-9-23-32(5)12-11-24(37)31(3,4)22(32)10-13-33(23,6)34(19,7)17-25(35)38/h8,20-28,36-40H,9-18H2,1-7H3/t20?,21-,22?,23?,24-,25+,26+,27-,28?,32-,33+,34+,35+/m0/s1. The van der Waals surface area contributed by atoms with Crippen LogP contribution in [0.4, 0.5) is 0 Å². The minimum absolute atomic E-state index is 0.0284. The molecule has 8 nitrogen and oxygen atoms in total. The fourth-order valence-electron chi connectivity index (χ4n) is 11.8. The highest BCUT2D eigenvalue weighted by atomic mass is 16.7. The highest BCUT2D eigenvalue weighted by molar-refractivity contribution is 5.80. The lowest BCUT2D eigenvalue weighted by Gasteiger charge is -2.71. The van der Waals surface area contributed by atoms with Gasteiger partial charge in [0.15, 0.2) is 0 Å². The van der Waals surface area contributed by atoms with Gasteiger partial charge >= 0.3 is 5.97 Å². The van der Waals surface area contributed by atoms with Gasteiger partial charge in [-0.05, 0) is 103 Å². The first kappa shape index (κ1) is 31.9. The van der Waals surface area contributed by atoms with Crippen LogP contribution < -0.4 is 0 Å². The van der Waals surface area contributed by atoms with E-state index < -0.39 is 42.1 Å². The van der Waals surface area contributed by atoms with Crippen LogP contribution in [0, 0.1) is 50.2 Å². The zero-order valence-corrected chi connectivity index (χ0v) is 27.3. The van der Waals surface area contributed by atoms with Crippen LogP contribution in [0.2, 0.25) is 0 Å². The first-order valence-electron chi connectivity index (χ1n) is 16.8. The molecule has 43 heavy (non-hydrogen) atoms. The molecule has 8 heteroatoms. The number of aliphatic hydroxyl groups is 5. The van der Waals surface area contributed by atoms with E-state index in [1.165, 1.54) is 5.57 Å². The molecule has 5 N–H and O–H groups in total.